The molecule has 0 aliphatic rings. The van der Waals surface area contributed by atoms with Gasteiger partial charge in [0, 0.05) is 11.8 Å². The molecule has 0 radical (unpaired) electrons. The van der Waals surface area contributed by atoms with Crippen molar-refractivity contribution < 1.29 is 32.2 Å². The third-order valence-corrected chi connectivity index (χ3v) is 6.56. The highest BCUT2D eigenvalue weighted by atomic mass is 32.2. The second-order valence-electron chi connectivity index (χ2n) is 7.64. The lowest BCUT2D eigenvalue weighted by Crippen LogP contribution is -2.21. The Bertz CT molecular complexity index is 1340. The number of anilines is 2. The number of rotatable bonds is 9. The summed E-state index contributed by atoms with van der Waals surface area (Å²) in [7, 11) is -1.01. The molecule has 0 spiro atoms. The van der Waals surface area contributed by atoms with Gasteiger partial charge in [0.2, 0.25) is 0 Å². The Morgan fingerprint density at radius 3 is 2.26 bits per heavy atom. The van der Waals surface area contributed by atoms with E-state index in [4.69, 9.17) is 14.2 Å². The molecule has 0 aromatic heterocycles. The second kappa shape index (κ2) is 10.9. The Labute approximate surface area is 204 Å². The molecule has 184 valence electrons. The molecule has 2 N–H and O–H groups in total. The largest absolute Gasteiger partial charge is 0.497 e. The monoisotopic (exact) mass is 498 g/mol. The van der Waals surface area contributed by atoms with Crippen molar-refractivity contribution in [3.63, 3.8) is 0 Å². The number of aryl methyl sites for hydroxylation is 2. The molecule has 1 amide bonds. The number of carbonyl (C=O) groups is 2. The molecule has 0 bridgehead atoms. The molecule has 0 atom stereocenters. The maximum absolute atomic E-state index is 12.9. The number of methoxy groups -OCH3 is 2. The van der Waals surface area contributed by atoms with Crippen LogP contribution in [0.1, 0.15) is 21.5 Å². The summed E-state index contributed by atoms with van der Waals surface area (Å²) < 4.78 is 43.7. The zero-order valence-electron chi connectivity index (χ0n) is 19.7. The van der Waals surface area contributed by atoms with E-state index < -0.39 is 28.5 Å². The lowest BCUT2D eigenvalue weighted by molar-refractivity contribution is -0.119. The number of hydrogen-bond acceptors (Lipinski definition) is 7. The number of esters is 1. The Morgan fingerprint density at radius 2 is 1.60 bits per heavy atom. The van der Waals surface area contributed by atoms with Crippen molar-refractivity contribution in [2.45, 2.75) is 18.7 Å². The molecular formula is C25H26N2O7S. The van der Waals surface area contributed by atoms with Gasteiger partial charge in [-0.2, -0.15) is 0 Å². The van der Waals surface area contributed by atoms with Crippen molar-refractivity contribution >= 4 is 33.3 Å². The molecule has 0 saturated heterocycles. The average Bonchev–Trinajstić information content (AvgIpc) is 2.84. The van der Waals surface area contributed by atoms with Gasteiger partial charge in [-0.1, -0.05) is 23.8 Å². The summed E-state index contributed by atoms with van der Waals surface area (Å²) in [5, 5.41) is 2.59. The summed E-state index contributed by atoms with van der Waals surface area (Å²) in [6.07, 6.45) is 0. The van der Waals surface area contributed by atoms with Gasteiger partial charge >= 0.3 is 5.97 Å². The van der Waals surface area contributed by atoms with Gasteiger partial charge in [-0.25, -0.2) is 13.2 Å². The number of benzene rings is 3. The summed E-state index contributed by atoms with van der Waals surface area (Å²) in [4.78, 5) is 24.8. The highest BCUT2D eigenvalue weighted by Crippen LogP contribution is 2.29. The first kappa shape index (κ1) is 25.6. The lowest BCUT2D eigenvalue weighted by Gasteiger charge is -2.13. The van der Waals surface area contributed by atoms with E-state index in [1.165, 1.54) is 32.4 Å². The van der Waals surface area contributed by atoms with Crippen molar-refractivity contribution in [3.8, 4) is 11.5 Å². The highest BCUT2D eigenvalue weighted by Gasteiger charge is 2.20. The second-order valence-corrected chi connectivity index (χ2v) is 9.29. The Morgan fingerprint density at radius 1 is 0.886 bits per heavy atom. The van der Waals surface area contributed by atoms with E-state index in [0.29, 0.717) is 28.4 Å². The molecule has 3 aromatic carbocycles. The van der Waals surface area contributed by atoms with Crippen LogP contribution in [-0.2, 0) is 19.6 Å². The number of amides is 1. The number of hydrogen-bond donors (Lipinski definition) is 2. The van der Waals surface area contributed by atoms with Gasteiger partial charge in [0.25, 0.3) is 15.9 Å². The molecular weight excluding hydrogens is 472 g/mol. The van der Waals surface area contributed by atoms with Gasteiger partial charge in [-0.05, 0) is 55.8 Å². The third-order valence-electron chi connectivity index (χ3n) is 5.03. The van der Waals surface area contributed by atoms with Gasteiger partial charge in [0.05, 0.1) is 30.4 Å². The van der Waals surface area contributed by atoms with Gasteiger partial charge in [0.1, 0.15) is 11.5 Å². The number of ether oxygens (including phenoxy) is 3. The fourth-order valence-electron chi connectivity index (χ4n) is 3.15. The molecule has 9 nitrogen and oxygen atoms in total. The quantitative estimate of drug-likeness (QED) is 0.429. The minimum absolute atomic E-state index is 0.00490. The first-order valence-corrected chi connectivity index (χ1v) is 12.0. The van der Waals surface area contributed by atoms with Crippen molar-refractivity contribution in [2.75, 3.05) is 30.9 Å². The fraction of sp³-hybridized carbons (Fsp3) is 0.200. The molecule has 0 fully saturated rings. The molecule has 0 heterocycles. The summed E-state index contributed by atoms with van der Waals surface area (Å²) in [5.74, 6) is -0.511. The summed E-state index contributed by atoms with van der Waals surface area (Å²) in [6, 6.07) is 15.9. The van der Waals surface area contributed by atoms with Crippen LogP contribution in [0.3, 0.4) is 0 Å². The summed E-state index contributed by atoms with van der Waals surface area (Å²) in [5.41, 5.74) is 2.21. The van der Waals surface area contributed by atoms with Crippen LogP contribution >= 0.6 is 0 Å². The predicted molar refractivity (Wildman–Crippen MR) is 132 cm³/mol. The topological polar surface area (TPSA) is 120 Å². The normalized spacial score (nSPS) is 10.9. The van der Waals surface area contributed by atoms with E-state index in [9.17, 15) is 18.0 Å². The number of sulfonamides is 1. The number of nitrogens with one attached hydrogen (secondary N) is 2. The maximum atomic E-state index is 12.9. The lowest BCUT2D eigenvalue weighted by atomic mass is 10.1. The molecule has 0 unspecified atom stereocenters. The van der Waals surface area contributed by atoms with Crippen LogP contribution in [0.4, 0.5) is 11.4 Å². The predicted octanol–water partition coefficient (Wildman–Crippen LogP) is 3.92. The first-order chi connectivity index (χ1) is 16.6. The first-order valence-electron chi connectivity index (χ1n) is 10.5. The summed E-state index contributed by atoms with van der Waals surface area (Å²) >= 11 is 0. The molecule has 10 heteroatoms. The van der Waals surface area contributed by atoms with Crippen molar-refractivity contribution in [2.24, 2.45) is 0 Å². The standard InChI is InChI=1S/C25H26N2O7S/c1-16-5-9-19(10-6-16)27-35(30,31)23-13-18(8-7-17(23)2)25(29)34-15-24(28)26-21-12-11-20(32-3)14-22(21)33-4/h5-14,27H,15H2,1-4H3,(H,26,28). The van der Waals surface area contributed by atoms with Crippen LogP contribution in [0.5, 0.6) is 11.5 Å². The molecule has 35 heavy (non-hydrogen) atoms. The van der Waals surface area contributed by atoms with Crippen molar-refractivity contribution in [3.05, 3.63) is 77.4 Å². The van der Waals surface area contributed by atoms with E-state index in [1.54, 1.807) is 49.4 Å². The van der Waals surface area contributed by atoms with E-state index in [1.807, 2.05) is 6.92 Å². The molecule has 0 aliphatic heterocycles. The molecule has 3 aromatic rings. The van der Waals surface area contributed by atoms with E-state index in [-0.39, 0.29) is 10.5 Å². The van der Waals surface area contributed by atoms with Gasteiger partial charge in [-0.15, -0.1) is 0 Å². The van der Waals surface area contributed by atoms with Crippen LogP contribution < -0.4 is 19.5 Å². The van der Waals surface area contributed by atoms with Crippen LogP contribution in [0.2, 0.25) is 0 Å². The van der Waals surface area contributed by atoms with E-state index >= 15 is 0 Å². The maximum Gasteiger partial charge on any atom is 0.338 e. The van der Waals surface area contributed by atoms with Crippen molar-refractivity contribution in [1.82, 2.24) is 0 Å². The number of carbonyl (C=O) groups excluding carboxylic acids is 2. The average molecular weight is 499 g/mol. The van der Waals surface area contributed by atoms with Gasteiger partial charge in [-0.3, -0.25) is 9.52 Å². The van der Waals surface area contributed by atoms with Crippen LogP contribution in [0, 0.1) is 13.8 Å². The van der Waals surface area contributed by atoms with Crippen molar-refractivity contribution in [1.29, 1.82) is 0 Å². The van der Waals surface area contributed by atoms with E-state index in [2.05, 4.69) is 10.0 Å². The Hall–Kier alpha value is -4.05. The minimum atomic E-state index is -3.96. The van der Waals surface area contributed by atoms with Gasteiger partial charge < -0.3 is 19.5 Å². The minimum Gasteiger partial charge on any atom is -0.497 e. The van der Waals surface area contributed by atoms with Crippen LogP contribution in [0.15, 0.2) is 65.6 Å². The Balaban J connectivity index is 1.68. The third kappa shape index (κ3) is 6.51. The SMILES string of the molecule is COc1ccc(NC(=O)COC(=O)c2ccc(C)c(S(=O)(=O)Nc3ccc(C)cc3)c2)c(OC)c1. The highest BCUT2D eigenvalue weighted by molar-refractivity contribution is 7.92. The smallest absolute Gasteiger partial charge is 0.338 e. The fourth-order valence-corrected chi connectivity index (χ4v) is 4.48. The Kier molecular flexibility index (Phi) is 7.98. The van der Waals surface area contributed by atoms with Crippen LogP contribution in [-0.4, -0.2) is 41.1 Å². The zero-order chi connectivity index (χ0) is 25.6. The molecule has 0 saturated carbocycles. The van der Waals surface area contributed by atoms with Crippen LogP contribution in [0.25, 0.3) is 0 Å². The molecule has 0 aliphatic carbocycles. The molecule has 3 rings (SSSR count). The zero-order valence-corrected chi connectivity index (χ0v) is 20.6. The summed E-state index contributed by atoms with van der Waals surface area (Å²) in [6.45, 7) is 2.94. The van der Waals surface area contributed by atoms with Gasteiger partial charge in [0.15, 0.2) is 6.61 Å². The van der Waals surface area contributed by atoms with E-state index in [0.717, 1.165) is 5.56 Å².